The van der Waals surface area contributed by atoms with Crippen LogP contribution >= 0.6 is 23.2 Å². The minimum atomic E-state index is -1.21. The molecule has 1 aliphatic heterocycles. The third kappa shape index (κ3) is 5.54. The summed E-state index contributed by atoms with van der Waals surface area (Å²) in [4.78, 5) is 14.1. The molecule has 0 aromatic heterocycles. The number of rotatable bonds is 6. The van der Waals surface area contributed by atoms with E-state index in [9.17, 15) is 9.90 Å². The predicted molar refractivity (Wildman–Crippen MR) is 129 cm³/mol. The van der Waals surface area contributed by atoms with Gasteiger partial charge in [0.1, 0.15) is 5.82 Å². The smallest absolute Gasteiger partial charge is 0.338 e. The van der Waals surface area contributed by atoms with Crippen LogP contribution in [0.5, 0.6) is 0 Å². The zero-order chi connectivity index (χ0) is 23.9. The van der Waals surface area contributed by atoms with Crippen molar-refractivity contribution < 1.29 is 19.0 Å². The Balaban J connectivity index is 1.61. The molecule has 178 valence electrons. The first kappa shape index (κ1) is 24.5. The molecule has 0 spiro atoms. The van der Waals surface area contributed by atoms with E-state index in [1.165, 1.54) is 0 Å². The highest BCUT2D eigenvalue weighted by Gasteiger charge is 2.35. The zero-order valence-corrected chi connectivity index (χ0v) is 20.8. The van der Waals surface area contributed by atoms with Gasteiger partial charge in [0.2, 0.25) is 0 Å². The largest absolute Gasteiger partial charge is 0.478 e. The number of aromatic carboxylic acids is 1. The van der Waals surface area contributed by atoms with Gasteiger partial charge >= 0.3 is 5.97 Å². The lowest BCUT2D eigenvalue weighted by Gasteiger charge is -2.35. The molecule has 1 aliphatic carbocycles. The Morgan fingerprint density at radius 3 is 2.55 bits per heavy atom. The fraction of sp³-hybridized carbons (Fsp3) is 0.500. The third-order valence-electron chi connectivity index (χ3n) is 6.46. The highest BCUT2D eigenvalue weighted by molar-refractivity contribution is 6.42. The van der Waals surface area contributed by atoms with Gasteiger partial charge in [0.05, 0.1) is 28.3 Å². The molecule has 2 fully saturated rings. The quantitative estimate of drug-likeness (QED) is 0.502. The molecule has 0 radical (unpaired) electrons. The lowest BCUT2D eigenvalue weighted by molar-refractivity contribution is -0.0307. The molecular weight excluding hydrogens is 464 g/mol. The highest BCUT2D eigenvalue weighted by Crippen LogP contribution is 2.46. The Kier molecular flexibility index (Phi) is 7.07. The minimum Gasteiger partial charge on any atom is -0.478 e. The standard InChI is InChI=1S/C26H30Cl2FNO3/c1-26(2,3)23-20(18(16-5-6-16)12-19(24(23)29)25(31)32)14-30-8-9-33-17(13-30)10-15-4-7-21(27)22(28)11-15/h4,7,11-12,16-17H,5-6,8-10,13-14H2,1-3H3,(H,31,32)/t17-/m1/s1. The van der Waals surface area contributed by atoms with Crippen LogP contribution in [0.15, 0.2) is 24.3 Å². The number of nitrogens with zero attached hydrogens (tertiary/aromatic N) is 1. The number of hydrogen-bond acceptors (Lipinski definition) is 3. The summed E-state index contributed by atoms with van der Waals surface area (Å²) in [5.74, 6) is -1.50. The van der Waals surface area contributed by atoms with Gasteiger partial charge < -0.3 is 9.84 Å². The summed E-state index contributed by atoms with van der Waals surface area (Å²) < 4.78 is 21.5. The molecule has 0 amide bonds. The molecule has 33 heavy (non-hydrogen) atoms. The minimum absolute atomic E-state index is 0.0124. The molecule has 0 unspecified atom stereocenters. The van der Waals surface area contributed by atoms with E-state index in [4.69, 9.17) is 27.9 Å². The number of halogens is 3. The van der Waals surface area contributed by atoms with E-state index < -0.39 is 17.2 Å². The lowest BCUT2D eigenvalue weighted by Crippen LogP contribution is -2.43. The number of ether oxygens (including phenoxy) is 1. The van der Waals surface area contributed by atoms with Crippen molar-refractivity contribution >= 4 is 29.2 Å². The molecule has 4 nitrogen and oxygen atoms in total. The predicted octanol–water partition coefficient (Wildman–Crippen LogP) is 6.45. The van der Waals surface area contributed by atoms with E-state index in [2.05, 4.69) is 4.90 Å². The zero-order valence-electron chi connectivity index (χ0n) is 19.3. The van der Waals surface area contributed by atoms with Crippen LogP contribution < -0.4 is 0 Å². The molecule has 1 heterocycles. The molecule has 2 aromatic rings. The highest BCUT2D eigenvalue weighted by atomic mass is 35.5. The number of carboxylic acid groups (broad SMARTS) is 1. The Morgan fingerprint density at radius 2 is 1.94 bits per heavy atom. The van der Waals surface area contributed by atoms with E-state index >= 15 is 4.39 Å². The van der Waals surface area contributed by atoms with E-state index in [1.54, 1.807) is 12.1 Å². The maximum atomic E-state index is 15.5. The van der Waals surface area contributed by atoms with Crippen LogP contribution in [-0.2, 0) is 23.1 Å². The number of carboxylic acids is 1. The number of hydrogen-bond donors (Lipinski definition) is 1. The van der Waals surface area contributed by atoms with Gasteiger partial charge in [-0.15, -0.1) is 0 Å². The van der Waals surface area contributed by atoms with E-state index in [-0.39, 0.29) is 11.7 Å². The summed E-state index contributed by atoms with van der Waals surface area (Å²) in [6, 6.07) is 7.20. The lowest BCUT2D eigenvalue weighted by atomic mass is 9.79. The summed E-state index contributed by atoms with van der Waals surface area (Å²) in [6.07, 6.45) is 2.73. The van der Waals surface area contributed by atoms with Crippen molar-refractivity contribution in [3.05, 3.63) is 67.9 Å². The molecule has 1 saturated carbocycles. The van der Waals surface area contributed by atoms with Gasteiger partial charge in [0.25, 0.3) is 0 Å². The average molecular weight is 494 g/mol. The second-order valence-electron chi connectivity index (χ2n) is 10.2. The van der Waals surface area contributed by atoms with Gasteiger partial charge in [-0.1, -0.05) is 50.0 Å². The molecule has 2 aliphatic rings. The van der Waals surface area contributed by atoms with Crippen LogP contribution in [0, 0.1) is 5.82 Å². The summed E-state index contributed by atoms with van der Waals surface area (Å²) in [6.45, 7) is 8.46. The number of morpholine rings is 1. The SMILES string of the molecule is CC(C)(C)c1c(F)c(C(=O)O)cc(C2CC2)c1CN1CCO[C@H](Cc2ccc(Cl)c(Cl)c2)C1. The van der Waals surface area contributed by atoms with Crippen molar-refractivity contribution in [3.8, 4) is 0 Å². The summed E-state index contributed by atoms with van der Waals surface area (Å²) >= 11 is 12.2. The Labute approximate surface area is 204 Å². The van der Waals surface area contributed by atoms with Gasteiger partial charge in [-0.05, 0) is 71.0 Å². The van der Waals surface area contributed by atoms with Crippen LogP contribution in [0.4, 0.5) is 4.39 Å². The fourth-order valence-corrected chi connectivity index (χ4v) is 5.11. The molecule has 1 atom stereocenters. The Hall–Kier alpha value is -1.66. The van der Waals surface area contributed by atoms with Crippen molar-refractivity contribution in [2.24, 2.45) is 0 Å². The fourth-order valence-electron chi connectivity index (χ4n) is 4.78. The second kappa shape index (κ2) is 9.53. The molecule has 0 bridgehead atoms. The summed E-state index contributed by atoms with van der Waals surface area (Å²) in [5, 5.41) is 10.7. The first-order chi connectivity index (χ1) is 15.5. The number of carbonyl (C=O) groups is 1. The second-order valence-corrected chi connectivity index (χ2v) is 11.0. The monoisotopic (exact) mass is 493 g/mol. The van der Waals surface area contributed by atoms with Crippen LogP contribution in [0.25, 0.3) is 0 Å². The number of benzene rings is 2. The molecule has 2 aromatic carbocycles. The van der Waals surface area contributed by atoms with Crippen LogP contribution in [0.2, 0.25) is 10.0 Å². The van der Waals surface area contributed by atoms with E-state index in [1.807, 2.05) is 32.9 Å². The first-order valence-electron chi connectivity index (χ1n) is 11.4. The van der Waals surface area contributed by atoms with Crippen LogP contribution in [-0.4, -0.2) is 41.8 Å². The summed E-state index contributed by atoms with van der Waals surface area (Å²) in [7, 11) is 0. The van der Waals surface area contributed by atoms with Gasteiger partial charge in [-0.2, -0.15) is 0 Å². The molecular formula is C26H30Cl2FNO3. The topological polar surface area (TPSA) is 49.8 Å². The summed E-state index contributed by atoms with van der Waals surface area (Å²) in [5.41, 5.74) is 2.79. The third-order valence-corrected chi connectivity index (χ3v) is 7.19. The normalized spacial score (nSPS) is 19.6. The first-order valence-corrected chi connectivity index (χ1v) is 12.2. The van der Waals surface area contributed by atoms with Crippen LogP contribution in [0.3, 0.4) is 0 Å². The Morgan fingerprint density at radius 1 is 1.21 bits per heavy atom. The molecule has 4 rings (SSSR count). The van der Waals surface area contributed by atoms with Crippen molar-refractivity contribution in [1.29, 1.82) is 0 Å². The average Bonchev–Trinajstić information content (AvgIpc) is 3.55. The Bertz CT molecular complexity index is 1060. The van der Waals surface area contributed by atoms with Gasteiger partial charge in [0.15, 0.2) is 0 Å². The van der Waals surface area contributed by atoms with Crippen molar-refractivity contribution in [2.75, 3.05) is 19.7 Å². The van der Waals surface area contributed by atoms with Crippen molar-refractivity contribution in [2.45, 2.75) is 64.0 Å². The van der Waals surface area contributed by atoms with Gasteiger partial charge in [-0.3, -0.25) is 4.90 Å². The van der Waals surface area contributed by atoms with Crippen LogP contribution in [0.1, 0.15) is 72.1 Å². The molecule has 1 N–H and O–H groups in total. The van der Waals surface area contributed by atoms with E-state index in [0.29, 0.717) is 47.6 Å². The van der Waals surface area contributed by atoms with Gasteiger partial charge in [-0.25, -0.2) is 9.18 Å². The molecule has 1 saturated heterocycles. The van der Waals surface area contributed by atoms with E-state index in [0.717, 1.165) is 36.1 Å². The molecule has 7 heteroatoms. The maximum Gasteiger partial charge on any atom is 0.338 e. The van der Waals surface area contributed by atoms with Gasteiger partial charge in [0, 0.05) is 19.6 Å². The van der Waals surface area contributed by atoms with Crippen molar-refractivity contribution in [3.63, 3.8) is 0 Å². The maximum absolute atomic E-state index is 15.5. The van der Waals surface area contributed by atoms with Crippen molar-refractivity contribution in [1.82, 2.24) is 4.90 Å².